The van der Waals surface area contributed by atoms with Gasteiger partial charge in [0.05, 0.1) is 12.6 Å². The monoisotopic (exact) mass is 191 g/mol. The first-order valence-electron chi connectivity index (χ1n) is 4.47. The minimum atomic E-state index is 0.579. The summed E-state index contributed by atoms with van der Waals surface area (Å²) >= 11 is 0. The van der Waals surface area contributed by atoms with E-state index in [1.54, 1.807) is 14.2 Å². The van der Waals surface area contributed by atoms with Gasteiger partial charge in [0.1, 0.15) is 12.5 Å². The number of hydrogen-bond donors (Lipinski definition) is 0. The zero-order valence-electron chi connectivity index (χ0n) is 8.36. The maximum atomic E-state index is 5.15. The molecule has 0 N–H and O–H groups in total. The molecule has 3 heteroatoms. The maximum Gasteiger partial charge on any atom is 0.122 e. The summed E-state index contributed by atoms with van der Waals surface area (Å²) in [7, 11) is 3.36. The standard InChI is InChI=1S/C11H13NO2/c1-13-8-12-6-5-9-7-10(14-2)3-4-11(9)12/h3-7H,8H2,1-2H3. The maximum absolute atomic E-state index is 5.15. The molecule has 1 aromatic carbocycles. The lowest BCUT2D eigenvalue weighted by molar-refractivity contribution is 0.135. The smallest absolute Gasteiger partial charge is 0.122 e. The van der Waals surface area contributed by atoms with Crippen molar-refractivity contribution in [3.05, 3.63) is 30.5 Å². The number of aromatic nitrogens is 1. The Morgan fingerprint density at radius 2 is 2.07 bits per heavy atom. The van der Waals surface area contributed by atoms with Crippen LogP contribution in [-0.4, -0.2) is 18.8 Å². The molecule has 0 aliphatic rings. The Morgan fingerprint density at radius 3 is 2.79 bits per heavy atom. The minimum absolute atomic E-state index is 0.579. The third-order valence-corrected chi connectivity index (χ3v) is 2.25. The van der Waals surface area contributed by atoms with Gasteiger partial charge in [0.25, 0.3) is 0 Å². The van der Waals surface area contributed by atoms with Crippen LogP contribution in [0.1, 0.15) is 0 Å². The second kappa shape index (κ2) is 3.72. The Balaban J connectivity index is 2.48. The summed E-state index contributed by atoms with van der Waals surface area (Å²) in [5.41, 5.74) is 1.16. The van der Waals surface area contributed by atoms with Crippen molar-refractivity contribution in [1.82, 2.24) is 4.57 Å². The van der Waals surface area contributed by atoms with Crippen LogP contribution < -0.4 is 4.74 Å². The average Bonchev–Trinajstić information content (AvgIpc) is 2.61. The van der Waals surface area contributed by atoms with E-state index < -0.39 is 0 Å². The van der Waals surface area contributed by atoms with Crippen LogP contribution in [0.15, 0.2) is 30.5 Å². The molecule has 0 saturated heterocycles. The molecule has 0 aliphatic carbocycles. The van der Waals surface area contributed by atoms with Gasteiger partial charge < -0.3 is 14.0 Å². The molecule has 2 aromatic rings. The fourth-order valence-electron chi connectivity index (χ4n) is 1.56. The van der Waals surface area contributed by atoms with Crippen LogP contribution in [0.3, 0.4) is 0 Å². The molecule has 0 unspecified atom stereocenters. The summed E-state index contributed by atoms with van der Waals surface area (Å²) < 4.78 is 12.3. The van der Waals surface area contributed by atoms with Gasteiger partial charge in [-0.25, -0.2) is 0 Å². The van der Waals surface area contributed by atoms with Gasteiger partial charge in [0.2, 0.25) is 0 Å². The van der Waals surface area contributed by atoms with E-state index in [2.05, 4.69) is 10.6 Å². The normalized spacial score (nSPS) is 10.7. The predicted octanol–water partition coefficient (Wildman–Crippen LogP) is 2.25. The molecule has 14 heavy (non-hydrogen) atoms. The fourth-order valence-corrected chi connectivity index (χ4v) is 1.56. The van der Waals surface area contributed by atoms with Gasteiger partial charge in [0, 0.05) is 18.7 Å². The van der Waals surface area contributed by atoms with Crippen molar-refractivity contribution in [3.63, 3.8) is 0 Å². The van der Waals surface area contributed by atoms with E-state index in [4.69, 9.17) is 9.47 Å². The first-order chi connectivity index (χ1) is 6.85. The largest absolute Gasteiger partial charge is 0.497 e. The summed E-state index contributed by atoms with van der Waals surface area (Å²) in [5.74, 6) is 0.882. The third-order valence-electron chi connectivity index (χ3n) is 2.25. The van der Waals surface area contributed by atoms with Crippen LogP contribution in [0.5, 0.6) is 5.75 Å². The topological polar surface area (TPSA) is 23.4 Å². The van der Waals surface area contributed by atoms with E-state index in [0.717, 1.165) is 11.3 Å². The predicted molar refractivity (Wildman–Crippen MR) is 55.5 cm³/mol. The molecule has 0 amide bonds. The highest BCUT2D eigenvalue weighted by atomic mass is 16.5. The van der Waals surface area contributed by atoms with Gasteiger partial charge >= 0.3 is 0 Å². The van der Waals surface area contributed by atoms with Gasteiger partial charge in [-0.15, -0.1) is 0 Å². The van der Waals surface area contributed by atoms with Crippen molar-refractivity contribution in [2.24, 2.45) is 0 Å². The molecular weight excluding hydrogens is 178 g/mol. The highest BCUT2D eigenvalue weighted by molar-refractivity contribution is 5.81. The van der Waals surface area contributed by atoms with Crippen LogP contribution in [0, 0.1) is 0 Å². The lowest BCUT2D eigenvalue weighted by Gasteiger charge is -2.04. The van der Waals surface area contributed by atoms with E-state index >= 15 is 0 Å². The van der Waals surface area contributed by atoms with Crippen molar-refractivity contribution in [2.75, 3.05) is 14.2 Å². The number of ether oxygens (including phenoxy) is 2. The zero-order chi connectivity index (χ0) is 9.97. The molecule has 0 radical (unpaired) electrons. The molecule has 1 heterocycles. The Kier molecular flexibility index (Phi) is 2.41. The van der Waals surface area contributed by atoms with Crippen molar-refractivity contribution < 1.29 is 9.47 Å². The second-order valence-electron chi connectivity index (χ2n) is 3.13. The molecule has 2 rings (SSSR count). The number of nitrogens with zero attached hydrogens (tertiary/aromatic N) is 1. The minimum Gasteiger partial charge on any atom is -0.497 e. The number of hydrogen-bond acceptors (Lipinski definition) is 2. The molecule has 0 saturated carbocycles. The van der Waals surface area contributed by atoms with Gasteiger partial charge in [-0.1, -0.05) is 0 Å². The van der Waals surface area contributed by atoms with Crippen molar-refractivity contribution >= 4 is 10.9 Å². The zero-order valence-corrected chi connectivity index (χ0v) is 8.36. The van der Waals surface area contributed by atoms with E-state index in [1.807, 2.05) is 24.4 Å². The fraction of sp³-hybridized carbons (Fsp3) is 0.273. The second-order valence-corrected chi connectivity index (χ2v) is 3.13. The SMILES string of the molecule is COCn1ccc2cc(OC)ccc21. The third kappa shape index (κ3) is 1.46. The Bertz CT molecular complexity index is 434. The summed E-state index contributed by atoms with van der Waals surface area (Å²) in [4.78, 5) is 0. The Hall–Kier alpha value is -1.48. The van der Waals surface area contributed by atoms with Crippen molar-refractivity contribution in [2.45, 2.75) is 6.73 Å². The van der Waals surface area contributed by atoms with E-state index in [1.165, 1.54) is 5.39 Å². The van der Waals surface area contributed by atoms with Gasteiger partial charge in [-0.05, 0) is 24.3 Å². The van der Waals surface area contributed by atoms with Crippen LogP contribution in [-0.2, 0) is 11.5 Å². The summed E-state index contributed by atoms with van der Waals surface area (Å²) in [6, 6.07) is 8.06. The Labute approximate surface area is 82.9 Å². The number of methoxy groups -OCH3 is 2. The van der Waals surface area contributed by atoms with E-state index in [-0.39, 0.29) is 0 Å². The van der Waals surface area contributed by atoms with Crippen LogP contribution >= 0.6 is 0 Å². The molecule has 0 aliphatic heterocycles. The number of benzene rings is 1. The molecule has 3 nitrogen and oxygen atoms in total. The molecule has 0 fully saturated rings. The molecule has 0 atom stereocenters. The lowest BCUT2D eigenvalue weighted by Crippen LogP contribution is -1.96. The van der Waals surface area contributed by atoms with E-state index in [9.17, 15) is 0 Å². The van der Waals surface area contributed by atoms with Crippen molar-refractivity contribution in [3.8, 4) is 5.75 Å². The molecule has 0 bridgehead atoms. The first-order valence-corrected chi connectivity index (χ1v) is 4.47. The quantitative estimate of drug-likeness (QED) is 0.742. The molecule has 74 valence electrons. The molecular formula is C11H13NO2. The molecule has 1 aromatic heterocycles. The number of rotatable bonds is 3. The highest BCUT2D eigenvalue weighted by Crippen LogP contribution is 2.21. The van der Waals surface area contributed by atoms with Gasteiger partial charge in [0.15, 0.2) is 0 Å². The first kappa shape index (κ1) is 9.09. The van der Waals surface area contributed by atoms with Crippen LogP contribution in [0.2, 0.25) is 0 Å². The Morgan fingerprint density at radius 1 is 1.21 bits per heavy atom. The average molecular weight is 191 g/mol. The summed E-state index contributed by atoms with van der Waals surface area (Å²) in [5, 5.41) is 1.17. The van der Waals surface area contributed by atoms with Gasteiger partial charge in [-0.3, -0.25) is 0 Å². The van der Waals surface area contributed by atoms with E-state index in [0.29, 0.717) is 6.73 Å². The van der Waals surface area contributed by atoms with Crippen molar-refractivity contribution in [1.29, 1.82) is 0 Å². The lowest BCUT2D eigenvalue weighted by atomic mass is 10.2. The van der Waals surface area contributed by atoms with Crippen LogP contribution in [0.25, 0.3) is 10.9 Å². The number of fused-ring (bicyclic) bond motifs is 1. The summed E-state index contributed by atoms with van der Waals surface area (Å²) in [6.07, 6.45) is 2.01. The van der Waals surface area contributed by atoms with Crippen LogP contribution in [0.4, 0.5) is 0 Å². The molecule has 0 spiro atoms. The van der Waals surface area contributed by atoms with Gasteiger partial charge in [-0.2, -0.15) is 0 Å². The highest BCUT2D eigenvalue weighted by Gasteiger charge is 2.01. The summed E-state index contributed by atoms with van der Waals surface area (Å²) in [6.45, 7) is 0.579.